The molecule has 9 heteroatoms. The van der Waals surface area contributed by atoms with Gasteiger partial charge < -0.3 is 20.0 Å². The van der Waals surface area contributed by atoms with E-state index in [1.807, 2.05) is 70.2 Å². The Labute approximate surface area is 262 Å². The second kappa shape index (κ2) is 13.8. The fourth-order valence-electron chi connectivity index (χ4n) is 5.53. The predicted molar refractivity (Wildman–Crippen MR) is 169 cm³/mol. The minimum atomic E-state index is -0.373. The van der Waals surface area contributed by atoms with Crippen molar-refractivity contribution in [3.63, 3.8) is 0 Å². The lowest BCUT2D eigenvalue weighted by atomic mass is 9.88. The normalized spacial score (nSPS) is 20.6. The van der Waals surface area contributed by atoms with Crippen molar-refractivity contribution in [1.82, 2.24) is 19.8 Å². The number of aliphatic hydroxyl groups excluding tert-OH is 2. The molecule has 5 rings (SSSR count). The number of piperidine rings is 2. The summed E-state index contributed by atoms with van der Waals surface area (Å²) >= 11 is 3.30. The Morgan fingerprint density at radius 3 is 1.67 bits per heavy atom. The number of carbonyl (C=O) groups is 2. The van der Waals surface area contributed by atoms with Gasteiger partial charge in [0.05, 0.1) is 12.2 Å². The highest BCUT2D eigenvalue weighted by Gasteiger charge is 2.38. The predicted octanol–water partition coefficient (Wildman–Crippen LogP) is 5.08. The van der Waals surface area contributed by atoms with Crippen molar-refractivity contribution >= 4 is 27.7 Å². The number of hydrogen-bond acceptors (Lipinski definition) is 6. The second-order valence-electron chi connectivity index (χ2n) is 12.2. The SMILES string of the molecule is CC1(C)CC(O)CCN1C(=O)c1ccc(Br)cn1.CC1(C)CC(O)CCN1C(=O)c1ccc(C#Cc2ccccc2)cn1. The van der Waals surface area contributed by atoms with Gasteiger partial charge in [0.1, 0.15) is 11.4 Å². The molecule has 0 spiro atoms. The average molecular weight is 648 g/mol. The van der Waals surface area contributed by atoms with Crippen LogP contribution in [-0.4, -0.2) is 78.2 Å². The van der Waals surface area contributed by atoms with Crippen LogP contribution in [0, 0.1) is 11.8 Å². The Hall–Kier alpha value is -3.58. The van der Waals surface area contributed by atoms with Crippen molar-refractivity contribution in [2.45, 2.75) is 76.7 Å². The molecule has 3 aromatic rings. The van der Waals surface area contributed by atoms with E-state index in [1.165, 1.54) is 0 Å². The summed E-state index contributed by atoms with van der Waals surface area (Å²) in [5.41, 5.74) is 1.87. The summed E-state index contributed by atoms with van der Waals surface area (Å²) in [7, 11) is 0. The van der Waals surface area contributed by atoms with E-state index in [4.69, 9.17) is 0 Å². The lowest BCUT2D eigenvalue weighted by molar-refractivity contribution is 0.00187. The molecule has 2 fully saturated rings. The first kappa shape index (κ1) is 32.3. The van der Waals surface area contributed by atoms with E-state index in [9.17, 15) is 19.8 Å². The number of halogens is 1. The Balaban J connectivity index is 0.000000208. The highest BCUT2D eigenvalue weighted by molar-refractivity contribution is 9.10. The first-order valence-corrected chi connectivity index (χ1v) is 15.3. The molecule has 2 aliphatic rings. The van der Waals surface area contributed by atoms with Gasteiger partial charge in [-0.05, 0) is 106 Å². The molecule has 226 valence electrons. The van der Waals surface area contributed by atoms with Crippen molar-refractivity contribution in [2.75, 3.05) is 13.1 Å². The van der Waals surface area contributed by atoms with Crippen LogP contribution in [0.3, 0.4) is 0 Å². The number of carbonyl (C=O) groups excluding carboxylic acids is 2. The number of aliphatic hydroxyl groups is 2. The maximum absolute atomic E-state index is 12.8. The van der Waals surface area contributed by atoms with E-state index < -0.39 is 0 Å². The van der Waals surface area contributed by atoms with E-state index in [0.717, 1.165) is 15.6 Å². The van der Waals surface area contributed by atoms with Gasteiger partial charge in [-0.15, -0.1) is 0 Å². The van der Waals surface area contributed by atoms with Crippen LogP contribution in [0.2, 0.25) is 0 Å². The summed E-state index contributed by atoms with van der Waals surface area (Å²) in [4.78, 5) is 37.2. The van der Waals surface area contributed by atoms with Crippen LogP contribution >= 0.6 is 15.9 Å². The monoisotopic (exact) mass is 646 g/mol. The minimum Gasteiger partial charge on any atom is -0.393 e. The van der Waals surface area contributed by atoms with E-state index in [-0.39, 0.29) is 35.1 Å². The third-order valence-electron chi connectivity index (χ3n) is 7.85. The molecule has 1 aromatic carbocycles. The molecule has 8 nitrogen and oxygen atoms in total. The van der Waals surface area contributed by atoms with Crippen LogP contribution in [0.4, 0.5) is 0 Å². The van der Waals surface area contributed by atoms with E-state index in [2.05, 4.69) is 37.7 Å². The van der Waals surface area contributed by atoms with Gasteiger partial charge in [0.2, 0.25) is 0 Å². The van der Waals surface area contributed by atoms with Gasteiger partial charge in [-0.1, -0.05) is 30.0 Å². The maximum Gasteiger partial charge on any atom is 0.272 e. The topological polar surface area (TPSA) is 107 Å². The molecule has 2 amide bonds. The van der Waals surface area contributed by atoms with Crippen molar-refractivity contribution < 1.29 is 19.8 Å². The van der Waals surface area contributed by atoms with Gasteiger partial charge in [-0.2, -0.15) is 0 Å². The zero-order chi connectivity index (χ0) is 31.2. The van der Waals surface area contributed by atoms with Crippen LogP contribution in [0.25, 0.3) is 0 Å². The molecular formula is C34H39BrN4O4. The number of aromatic nitrogens is 2. The third-order valence-corrected chi connectivity index (χ3v) is 8.32. The Bertz CT molecular complexity index is 1460. The van der Waals surface area contributed by atoms with Crippen LogP contribution in [0.15, 0.2) is 71.5 Å². The summed E-state index contributed by atoms with van der Waals surface area (Å²) < 4.78 is 0.854. The van der Waals surface area contributed by atoms with Crippen LogP contribution in [-0.2, 0) is 0 Å². The molecule has 0 bridgehead atoms. The molecule has 0 saturated carbocycles. The number of nitrogens with zero attached hydrogens (tertiary/aromatic N) is 4. The molecule has 2 saturated heterocycles. The highest BCUT2D eigenvalue weighted by Crippen LogP contribution is 2.30. The second-order valence-corrected chi connectivity index (χ2v) is 13.2. The summed E-state index contributed by atoms with van der Waals surface area (Å²) in [6, 6.07) is 16.8. The lowest BCUT2D eigenvalue weighted by Gasteiger charge is -2.44. The number of benzene rings is 1. The zero-order valence-corrected chi connectivity index (χ0v) is 26.7. The van der Waals surface area contributed by atoms with Crippen molar-refractivity contribution in [1.29, 1.82) is 0 Å². The third kappa shape index (κ3) is 8.50. The van der Waals surface area contributed by atoms with Crippen LogP contribution < -0.4 is 0 Å². The first-order chi connectivity index (χ1) is 20.4. The standard InChI is InChI=1S/C21H22N2O2.C13H17BrN2O2/c1-21(2)14-18(24)12-13-23(21)20(25)19-11-10-17(15-22-19)9-8-16-6-4-3-5-7-16;1-13(2)7-10(17)5-6-16(13)12(18)11-4-3-9(14)8-15-11/h3-7,10-11,15,18,24H,12-14H2,1-2H3;3-4,8,10,17H,5-7H2,1-2H3. The van der Waals surface area contributed by atoms with E-state index in [0.29, 0.717) is 50.2 Å². The first-order valence-electron chi connectivity index (χ1n) is 14.5. The largest absolute Gasteiger partial charge is 0.393 e. The molecule has 0 radical (unpaired) electrons. The summed E-state index contributed by atoms with van der Waals surface area (Å²) in [6.07, 6.45) is 5.02. The number of likely N-dealkylation sites (tertiary alicyclic amines) is 2. The number of amides is 2. The summed E-state index contributed by atoms with van der Waals surface area (Å²) in [5.74, 6) is 5.97. The van der Waals surface area contributed by atoms with Crippen molar-refractivity contribution in [3.8, 4) is 11.8 Å². The van der Waals surface area contributed by atoms with Gasteiger partial charge in [-0.3, -0.25) is 9.59 Å². The van der Waals surface area contributed by atoms with Gasteiger partial charge >= 0.3 is 0 Å². The van der Waals surface area contributed by atoms with Crippen LogP contribution in [0.1, 0.15) is 85.5 Å². The zero-order valence-electron chi connectivity index (χ0n) is 25.1. The van der Waals surface area contributed by atoms with Gasteiger partial charge in [-0.25, -0.2) is 9.97 Å². The lowest BCUT2D eigenvalue weighted by Crippen LogP contribution is -2.54. The average Bonchev–Trinajstić information content (AvgIpc) is 2.96. The molecular weight excluding hydrogens is 608 g/mol. The minimum absolute atomic E-state index is 0.0700. The number of hydrogen-bond donors (Lipinski definition) is 2. The Morgan fingerprint density at radius 1 is 0.744 bits per heavy atom. The highest BCUT2D eigenvalue weighted by atomic mass is 79.9. The summed E-state index contributed by atoms with van der Waals surface area (Å²) in [6.45, 7) is 9.03. The van der Waals surface area contributed by atoms with Crippen molar-refractivity contribution in [2.24, 2.45) is 0 Å². The Kier molecular flexibility index (Phi) is 10.4. The molecule has 2 aliphatic heterocycles. The van der Waals surface area contributed by atoms with Crippen LogP contribution in [0.5, 0.6) is 0 Å². The van der Waals surface area contributed by atoms with Gasteiger partial charge in [0, 0.05) is 52.2 Å². The van der Waals surface area contributed by atoms with Crippen molar-refractivity contribution in [3.05, 3.63) is 94.0 Å². The van der Waals surface area contributed by atoms with Gasteiger partial charge in [0.25, 0.3) is 11.8 Å². The molecule has 2 unspecified atom stereocenters. The smallest absolute Gasteiger partial charge is 0.272 e. The molecule has 43 heavy (non-hydrogen) atoms. The molecule has 2 aromatic heterocycles. The molecule has 4 heterocycles. The maximum atomic E-state index is 12.8. The number of rotatable bonds is 2. The summed E-state index contributed by atoms with van der Waals surface area (Å²) in [5, 5.41) is 19.5. The van der Waals surface area contributed by atoms with E-state index in [1.54, 1.807) is 34.3 Å². The molecule has 0 aliphatic carbocycles. The quantitative estimate of drug-likeness (QED) is 0.376. The van der Waals surface area contributed by atoms with Gasteiger partial charge in [0.15, 0.2) is 0 Å². The Morgan fingerprint density at radius 2 is 1.23 bits per heavy atom. The molecule has 2 atom stereocenters. The number of pyridine rings is 2. The fourth-order valence-corrected chi connectivity index (χ4v) is 5.77. The van der Waals surface area contributed by atoms with E-state index >= 15 is 0 Å². The molecule has 2 N–H and O–H groups in total. The fraction of sp³-hybridized carbons (Fsp3) is 0.412.